The molecule has 0 unspecified atom stereocenters. The normalized spacial score (nSPS) is 18.8. The molecule has 1 heteroatoms. The van der Waals surface area contributed by atoms with E-state index >= 15 is 0 Å². The fourth-order valence-electron chi connectivity index (χ4n) is 1.14. The van der Waals surface area contributed by atoms with Gasteiger partial charge in [0.25, 0.3) is 0 Å². The molecule has 0 N–H and O–H groups in total. The van der Waals surface area contributed by atoms with Gasteiger partial charge in [0.15, 0.2) is 0 Å². The minimum atomic E-state index is -0.0602. The third-order valence-electron chi connectivity index (χ3n) is 1.84. The molecule has 0 atom stereocenters. The van der Waals surface area contributed by atoms with Crippen LogP contribution in [0.3, 0.4) is 0 Å². The minimum absolute atomic E-state index is 0.0602. The summed E-state index contributed by atoms with van der Waals surface area (Å²) in [4.78, 5) is 0. The predicted octanol–water partition coefficient (Wildman–Crippen LogP) is 3.22. The van der Waals surface area contributed by atoms with Gasteiger partial charge in [-0.25, -0.2) is 4.39 Å². The van der Waals surface area contributed by atoms with Crippen molar-refractivity contribution in [1.82, 2.24) is 0 Å². The molecule has 0 saturated heterocycles. The highest BCUT2D eigenvalue weighted by Gasteiger charge is 2.07. The Morgan fingerprint density at radius 1 is 1.50 bits per heavy atom. The molecule has 0 spiro atoms. The van der Waals surface area contributed by atoms with Crippen LogP contribution in [0.1, 0.15) is 26.7 Å². The van der Waals surface area contributed by atoms with Crippen LogP contribution in [0.25, 0.3) is 0 Å². The molecule has 0 amide bonds. The van der Waals surface area contributed by atoms with Crippen LogP contribution in [0.2, 0.25) is 0 Å². The molecule has 0 aromatic rings. The molecule has 0 fully saturated rings. The van der Waals surface area contributed by atoms with Crippen molar-refractivity contribution in [2.75, 3.05) is 0 Å². The monoisotopic (exact) mass is 140 g/mol. The number of hydrogen-bond acceptors (Lipinski definition) is 0. The summed E-state index contributed by atoms with van der Waals surface area (Å²) in [5.41, 5.74) is 1.24. The average Bonchev–Trinajstić information content (AvgIpc) is 1.88. The molecule has 1 aliphatic carbocycles. The topological polar surface area (TPSA) is 0 Å². The maximum Gasteiger partial charge on any atom is 0.119 e. The maximum atomic E-state index is 12.6. The summed E-state index contributed by atoms with van der Waals surface area (Å²) < 4.78 is 12.6. The minimum Gasteiger partial charge on any atom is -0.207 e. The number of halogens is 1. The Morgan fingerprint density at radius 3 is 2.60 bits per heavy atom. The van der Waals surface area contributed by atoms with Crippen molar-refractivity contribution in [3.8, 4) is 0 Å². The molecule has 0 aromatic carbocycles. The molecule has 0 bridgehead atoms. The van der Waals surface area contributed by atoms with Crippen molar-refractivity contribution in [1.29, 1.82) is 0 Å². The zero-order chi connectivity index (χ0) is 7.56. The number of hydrogen-bond donors (Lipinski definition) is 0. The summed E-state index contributed by atoms with van der Waals surface area (Å²) in [6.45, 7) is 4.20. The lowest BCUT2D eigenvalue weighted by Gasteiger charge is -2.12. The van der Waals surface area contributed by atoms with Crippen LogP contribution in [-0.2, 0) is 0 Å². The van der Waals surface area contributed by atoms with E-state index in [2.05, 4.69) is 13.8 Å². The van der Waals surface area contributed by atoms with Crippen LogP contribution in [0.4, 0.5) is 4.39 Å². The van der Waals surface area contributed by atoms with Crippen LogP contribution >= 0.6 is 0 Å². The SMILES string of the molecule is CC(C)C1=CC(F)=CCC1. The first-order chi connectivity index (χ1) is 4.70. The highest BCUT2D eigenvalue weighted by atomic mass is 19.1. The lowest BCUT2D eigenvalue weighted by molar-refractivity contribution is 0.624. The van der Waals surface area contributed by atoms with Gasteiger partial charge in [0.05, 0.1) is 0 Å². The second kappa shape index (κ2) is 3.00. The second-order valence-corrected chi connectivity index (χ2v) is 3.00. The van der Waals surface area contributed by atoms with E-state index in [1.165, 1.54) is 5.57 Å². The molecular weight excluding hydrogens is 127 g/mol. The third-order valence-corrected chi connectivity index (χ3v) is 1.84. The zero-order valence-electron chi connectivity index (χ0n) is 6.52. The Hall–Kier alpha value is -0.590. The van der Waals surface area contributed by atoms with Gasteiger partial charge in [-0.2, -0.15) is 0 Å². The lowest BCUT2D eigenvalue weighted by atomic mass is 9.95. The van der Waals surface area contributed by atoms with Crippen molar-refractivity contribution >= 4 is 0 Å². The third kappa shape index (κ3) is 1.69. The van der Waals surface area contributed by atoms with Crippen molar-refractivity contribution in [2.45, 2.75) is 26.7 Å². The Labute approximate surface area is 61.4 Å². The molecule has 1 aliphatic rings. The van der Waals surface area contributed by atoms with Gasteiger partial charge in [0, 0.05) is 0 Å². The Bertz CT molecular complexity index is 175. The summed E-state index contributed by atoms with van der Waals surface area (Å²) in [6.07, 6.45) is 5.21. The Morgan fingerprint density at radius 2 is 2.20 bits per heavy atom. The molecule has 0 aromatic heterocycles. The molecule has 0 aliphatic heterocycles. The van der Waals surface area contributed by atoms with Gasteiger partial charge in [0.1, 0.15) is 5.83 Å². The van der Waals surface area contributed by atoms with E-state index in [1.807, 2.05) is 0 Å². The van der Waals surface area contributed by atoms with E-state index in [9.17, 15) is 4.39 Å². The molecular formula is C9H13F. The Balaban J connectivity index is 2.69. The van der Waals surface area contributed by atoms with Crippen LogP contribution in [0, 0.1) is 5.92 Å². The number of rotatable bonds is 1. The summed E-state index contributed by atoms with van der Waals surface area (Å²) in [7, 11) is 0. The molecule has 0 heterocycles. The van der Waals surface area contributed by atoms with Gasteiger partial charge in [-0.05, 0) is 30.9 Å². The molecule has 1 rings (SSSR count). The second-order valence-electron chi connectivity index (χ2n) is 3.00. The highest BCUT2D eigenvalue weighted by molar-refractivity contribution is 5.23. The highest BCUT2D eigenvalue weighted by Crippen LogP contribution is 2.23. The molecule has 0 nitrogen and oxygen atoms in total. The summed E-state index contributed by atoms with van der Waals surface area (Å²) in [6, 6.07) is 0. The number of allylic oxidation sites excluding steroid dienone is 4. The first-order valence-electron chi connectivity index (χ1n) is 3.76. The van der Waals surface area contributed by atoms with E-state index < -0.39 is 0 Å². The first kappa shape index (κ1) is 7.52. The van der Waals surface area contributed by atoms with Crippen molar-refractivity contribution in [2.24, 2.45) is 5.92 Å². The Kier molecular flexibility index (Phi) is 2.25. The van der Waals surface area contributed by atoms with Crippen LogP contribution in [0.15, 0.2) is 23.6 Å². The standard InChI is InChI=1S/C9H13F/c1-7(2)8-4-3-5-9(10)6-8/h5-7H,3-4H2,1-2H3. The quantitative estimate of drug-likeness (QED) is 0.524. The lowest BCUT2D eigenvalue weighted by Crippen LogP contribution is -1.97. The van der Waals surface area contributed by atoms with Gasteiger partial charge >= 0.3 is 0 Å². The van der Waals surface area contributed by atoms with Crippen LogP contribution in [0.5, 0.6) is 0 Å². The fourth-order valence-corrected chi connectivity index (χ4v) is 1.14. The molecule has 0 radical (unpaired) electrons. The smallest absolute Gasteiger partial charge is 0.119 e. The van der Waals surface area contributed by atoms with Crippen molar-refractivity contribution < 1.29 is 4.39 Å². The summed E-state index contributed by atoms with van der Waals surface area (Å²) >= 11 is 0. The first-order valence-corrected chi connectivity index (χ1v) is 3.76. The van der Waals surface area contributed by atoms with Gasteiger partial charge < -0.3 is 0 Å². The zero-order valence-corrected chi connectivity index (χ0v) is 6.52. The average molecular weight is 140 g/mol. The van der Waals surface area contributed by atoms with E-state index in [1.54, 1.807) is 12.2 Å². The van der Waals surface area contributed by atoms with E-state index in [-0.39, 0.29) is 5.83 Å². The van der Waals surface area contributed by atoms with E-state index in [4.69, 9.17) is 0 Å². The molecule has 56 valence electrons. The van der Waals surface area contributed by atoms with Gasteiger partial charge in [-0.3, -0.25) is 0 Å². The summed E-state index contributed by atoms with van der Waals surface area (Å²) in [5, 5.41) is 0. The predicted molar refractivity (Wildman–Crippen MR) is 41.3 cm³/mol. The van der Waals surface area contributed by atoms with Gasteiger partial charge in [0.2, 0.25) is 0 Å². The molecule has 0 saturated carbocycles. The summed E-state index contributed by atoms with van der Waals surface area (Å²) in [5.74, 6) is 0.439. The van der Waals surface area contributed by atoms with Gasteiger partial charge in [-0.1, -0.05) is 19.4 Å². The van der Waals surface area contributed by atoms with E-state index in [0.29, 0.717) is 5.92 Å². The van der Waals surface area contributed by atoms with Crippen molar-refractivity contribution in [3.63, 3.8) is 0 Å². The fraction of sp³-hybridized carbons (Fsp3) is 0.556. The van der Waals surface area contributed by atoms with Crippen LogP contribution < -0.4 is 0 Å². The van der Waals surface area contributed by atoms with Gasteiger partial charge in [-0.15, -0.1) is 0 Å². The maximum absolute atomic E-state index is 12.6. The molecule has 10 heavy (non-hydrogen) atoms. The van der Waals surface area contributed by atoms with Crippen molar-refractivity contribution in [3.05, 3.63) is 23.6 Å². The van der Waals surface area contributed by atoms with E-state index in [0.717, 1.165) is 12.8 Å². The largest absolute Gasteiger partial charge is 0.207 e. The van der Waals surface area contributed by atoms with Crippen LogP contribution in [-0.4, -0.2) is 0 Å².